The highest BCUT2D eigenvalue weighted by Crippen LogP contribution is 2.26. The first-order valence-electron chi connectivity index (χ1n) is 8.66. The van der Waals surface area contributed by atoms with Crippen LogP contribution in [0.5, 0.6) is 0 Å². The summed E-state index contributed by atoms with van der Waals surface area (Å²) in [6, 6.07) is 1.53. The summed E-state index contributed by atoms with van der Waals surface area (Å²) in [6.07, 6.45) is 1.52. The van der Waals surface area contributed by atoms with E-state index in [1.54, 1.807) is 4.90 Å². The van der Waals surface area contributed by atoms with Crippen LogP contribution in [0.1, 0.15) is 35.8 Å². The lowest BCUT2D eigenvalue weighted by Gasteiger charge is -2.35. The van der Waals surface area contributed by atoms with Crippen LogP contribution in [0.25, 0.3) is 0 Å². The van der Waals surface area contributed by atoms with Gasteiger partial charge in [-0.1, -0.05) is 24.9 Å². The highest BCUT2D eigenvalue weighted by atomic mass is 35.5. The zero-order chi connectivity index (χ0) is 19.1. The molecule has 1 aromatic heterocycles. The van der Waals surface area contributed by atoms with Crippen molar-refractivity contribution in [3.63, 3.8) is 0 Å². The summed E-state index contributed by atoms with van der Waals surface area (Å²) < 4.78 is 10.1. The largest absolute Gasteiger partial charge is 0.465 e. The summed E-state index contributed by atoms with van der Waals surface area (Å²) in [5.74, 6) is -0.0416. The number of pyridine rings is 1. The zero-order valence-electron chi connectivity index (χ0n) is 15.2. The monoisotopic (exact) mass is 384 g/mol. The fraction of sp³-hybridized carbons (Fsp3) is 0.588. The number of nitrogens with zero attached hydrogens (tertiary/aromatic N) is 3. The number of methoxy groups -OCH3 is 1. The molecule has 2 heterocycles. The summed E-state index contributed by atoms with van der Waals surface area (Å²) in [5.41, 5.74) is 6.47. The van der Waals surface area contributed by atoms with Crippen LogP contribution in [0.4, 0.5) is 10.6 Å². The van der Waals surface area contributed by atoms with Crippen LogP contribution in [-0.2, 0) is 16.0 Å². The summed E-state index contributed by atoms with van der Waals surface area (Å²) in [4.78, 5) is 32.2. The minimum absolute atomic E-state index is 0.164. The van der Waals surface area contributed by atoms with Gasteiger partial charge in [0.15, 0.2) is 0 Å². The Bertz CT molecular complexity index is 648. The average molecular weight is 385 g/mol. The molecular weight excluding hydrogens is 360 g/mol. The molecule has 1 amide bonds. The van der Waals surface area contributed by atoms with Crippen molar-refractivity contribution in [2.45, 2.75) is 26.3 Å². The van der Waals surface area contributed by atoms with Crippen molar-refractivity contribution in [1.29, 1.82) is 0 Å². The molecule has 1 fully saturated rings. The third-order valence-electron chi connectivity index (χ3n) is 4.19. The smallest absolute Gasteiger partial charge is 0.409 e. The SMILES string of the molecule is CCCCOC(=O)N1CCN(c2nc(CN)c(Cl)cc2C(=O)OC)CC1. The number of carbonyl (C=O) groups is 2. The normalized spacial score (nSPS) is 14.3. The molecule has 9 heteroatoms. The Morgan fingerprint density at radius 2 is 2.00 bits per heavy atom. The number of aromatic nitrogens is 1. The average Bonchev–Trinajstić information content (AvgIpc) is 2.67. The molecule has 8 nitrogen and oxygen atoms in total. The van der Waals surface area contributed by atoms with Gasteiger partial charge in [-0.2, -0.15) is 0 Å². The molecule has 1 aromatic rings. The molecule has 0 saturated carbocycles. The van der Waals surface area contributed by atoms with E-state index in [0.29, 0.717) is 49.3 Å². The first kappa shape index (κ1) is 20.3. The number of piperazine rings is 1. The van der Waals surface area contributed by atoms with Gasteiger partial charge in [0.1, 0.15) is 11.4 Å². The number of amides is 1. The Morgan fingerprint density at radius 1 is 1.31 bits per heavy atom. The molecule has 0 unspecified atom stereocenters. The zero-order valence-corrected chi connectivity index (χ0v) is 15.9. The van der Waals surface area contributed by atoms with E-state index in [1.165, 1.54) is 13.2 Å². The topological polar surface area (TPSA) is 98.0 Å². The standard InChI is InChI=1S/C17H25ClN4O4/c1-3-4-9-26-17(24)22-7-5-21(6-8-22)15-12(16(23)25-2)10-13(18)14(11-19)20-15/h10H,3-9,11,19H2,1-2H3. The Kier molecular flexibility index (Phi) is 7.47. The first-order chi connectivity index (χ1) is 12.5. The third-order valence-corrected chi connectivity index (χ3v) is 4.52. The van der Waals surface area contributed by atoms with Crippen LogP contribution < -0.4 is 10.6 Å². The second kappa shape index (κ2) is 9.59. The highest BCUT2D eigenvalue weighted by molar-refractivity contribution is 6.31. The second-order valence-corrected chi connectivity index (χ2v) is 6.33. The molecule has 0 atom stereocenters. The number of ether oxygens (including phenoxy) is 2. The van der Waals surface area contributed by atoms with Crippen molar-refractivity contribution in [3.8, 4) is 0 Å². The van der Waals surface area contributed by atoms with Crippen LogP contribution in [0.3, 0.4) is 0 Å². The third kappa shape index (κ3) is 4.76. The van der Waals surface area contributed by atoms with E-state index < -0.39 is 5.97 Å². The van der Waals surface area contributed by atoms with Gasteiger partial charge in [0, 0.05) is 32.7 Å². The first-order valence-corrected chi connectivity index (χ1v) is 9.04. The maximum absolute atomic E-state index is 12.1. The van der Waals surface area contributed by atoms with Crippen LogP contribution in [0.15, 0.2) is 6.07 Å². The highest BCUT2D eigenvalue weighted by Gasteiger charge is 2.27. The number of esters is 1. The van der Waals surface area contributed by atoms with E-state index in [2.05, 4.69) is 4.98 Å². The predicted molar refractivity (Wildman–Crippen MR) is 98.5 cm³/mol. The molecule has 0 aromatic carbocycles. The number of unbranched alkanes of at least 4 members (excludes halogenated alkanes) is 1. The van der Waals surface area contributed by atoms with Gasteiger partial charge in [0.2, 0.25) is 0 Å². The molecule has 1 aliphatic heterocycles. The Labute approximate surface area is 158 Å². The molecule has 0 bridgehead atoms. The molecular formula is C17H25ClN4O4. The molecule has 2 N–H and O–H groups in total. The number of hydrogen-bond acceptors (Lipinski definition) is 7. The number of rotatable bonds is 6. The molecule has 1 aliphatic rings. The van der Waals surface area contributed by atoms with Crippen LogP contribution >= 0.6 is 11.6 Å². The number of hydrogen-bond donors (Lipinski definition) is 1. The van der Waals surface area contributed by atoms with E-state index in [0.717, 1.165) is 12.8 Å². The van der Waals surface area contributed by atoms with Gasteiger partial charge in [-0.3, -0.25) is 0 Å². The van der Waals surface area contributed by atoms with Crippen LogP contribution in [-0.4, -0.2) is 61.8 Å². The van der Waals surface area contributed by atoms with Gasteiger partial charge in [0.05, 0.1) is 24.4 Å². The fourth-order valence-corrected chi connectivity index (χ4v) is 2.88. The Hall–Kier alpha value is -2.06. The maximum Gasteiger partial charge on any atom is 0.409 e. The second-order valence-electron chi connectivity index (χ2n) is 5.93. The van der Waals surface area contributed by atoms with Gasteiger partial charge in [-0.05, 0) is 12.5 Å². The molecule has 26 heavy (non-hydrogen) atoms. The van der Waals surface area contributed by atoms with Crippen molar-refractivity contribution in [2.75, 3.05) is 44.8 Å². The molecule has 2 rings (SSSR count). The van der Waals surface area contributed by atoms with E-state index in [4.69, 9.17) is 26.8 Å². The van der Waals surface area contributed by atoms with Crippen molar-refractivity contribution >= 4 is 29.5 Å². The molecule has 0 radical (unpaired) electrons. The number of anilines is 1. The minimum atomic E-state index is -0.514. The van der Waals surface area contributed by atoms with E-state index in [1.807, 2.05) is 11.8 Å². The van der Waals surface area contributed by atoms with Crippen molar-refractivity contribution in [1.82, 2.24) is 9.88 Å². The summed E-state index contributed by atoms with van der Waals surface area (Å²) in [7, 11) is 1.31. The maximum atomic E-state index is 12.1. The molecule has 0 spiro atoms. The lowest BCUT2D eigenvalue weighted by atomic mass is 10.2. The quantitative estimate of drug-likeness (QED) is 0.591. The predicted octanol–water partition coefficient (Wildman–Crippen LogP) is 2.04. The molecule has 1 saturated heterocycles. The van der Waals surface area contributed by atoms with E-state index in [9.17, 15) is 9.59 Å². The Balaban J connectivity index is 2.10. The summed E-state index contributed by atoms with van der Waals surface area (Å²) in [5, 5.41) is 0.329. The lowest BCUT2D eigenvalue weighted by Crippen LogP contribution is -2.49. The summed E-state index contributed by atoms with van der Waals surface area (Å²) >= 11 is 6.13. The van der Waals surface area contributed by atoms with Crippen LogP contribution in [0.2, 0.25) is 5.02 Å². The van der Waals surface area contributed by atoms with Gasteiger partial charge < -0.3 is 25.0 Å². The minimum Gasteiger partial charge on any atom is -0.465 e. The lowest BCUT2D eigenvalue weighted by molar-refractivity contribution is 0.0600. The summed E-state index contributed by atoms with van der Waals surface area (Å²) in [6.45, 7) is 4.64. The van der Waals surface area contributed by atoms with Crippen molar-refractivity contribution in [3.05, 3.63) is 22.3 Å². The molecule has 0 aliphatic carbocycles. The van der Waals surface area contributed by atoms with Gasteiger partial charge >= 0.3 is 12.1 Å². The fourth-order valence-electron chi connectivity index (χ4n) is 2.66. The Morgan fingerprint density at radius 3 is 2.58 bits per heavy atom. The van der Waals surface area contributed by atoms with Gasteiger partial charge in [-0.15, -0.1) is 0 Å². The number of nitrogens with two attached hydrogens (primary N) is 1. The van der Waals surface area contributed by atoms with E-state index in [-0.39, 0.29) is 18.2 Å². The number of halogens is 1. The van der Waals surface area contributed by atoms with Gasteiger partial charge in [-0.25, -0.2) is 14.6 Å². The van der Waals surface area contributed by atoms with E-state index >= 15 is 0 Å². The van der Waals surface area contributed by atoms with Crippen molar-refractivity contribution in [2.24, 2.45) is 5.73 Å². The van der Waals surface area contributed by atoms with Crippen LogP contribution in [0, 0.1) is 0 Å². The van der Waals surface area contributed by atoms with Gasteiger partial charge in [0.25, 0.3) is 0 Å². The number of carbonyl (C=O) groups excluding carboxylic acids is 2. The molecule has 144 valence electrons. The van der Waals surface area contributed by atoms with Crippen molar-refractivity contribution < 1.29 is 19.1 Å².